The van der Waals surface area contributed by atoms with Gasteiger partial charge in [-0.25, -0.2) is 0 Å². The number of thiophene rings is 1. The van der Waals surface area contributed by atoms with Crippen LogP contribution in [0.15, 0.2) is 9.90 Å². The van der Waals surface area contributed by atoms with E-state index < -0.39 is 0 Å². The highest BCUT2D eigenvalue weighted by Crippen LogP contribution is 2.31. The summed E-state index contributed by atoms with van der Waals surface area (Å²) in [7, 11) is 4.14. The van der Waals surface area contributed by atoms with Gasteiger partial charge in [0, 0.05) is 55.1 Å². The highest BCUT2D eigenvalue weighted by Gasteiger charge is 2.28. The number of rotatable bonds is 5. The molecule has 1 atom stereocenters. The van der Waals surface area contributed by atoms with Crippen LogP contribution in [-0.4, -0.2) is 65.5 Å². The molecule has 6 nitrogen and oxygen atoms in total. The molecule has 0 spiro atoms. The van der Waals surface area contributed by atoms with E-state index >= 15 is 0 Å². The van der Waals surface area contributed by atoms with E-state index in [1.165, 1.54) is 35.3 Å². The van der Waals surface area contributed by atoms with Gasteiger partial charge < -0.3 is 14.3 Å². The Labute approximate surface area is 177 Å². The van der Waals surface area contributed by atoms with Crippen molar-refractivity contribution in [1.29, 1.82) is 0 Å². The Balaban J connectivity index is 1.41. The predicted molar refractivity (Wildman–Crippen MR) is 115 cm³/mol. The molecule has 2 aromatic heterocycles. The second-order valence-electron chi connectivity index (χ2n) is 8.63. The minimum absolute atomic E-state index is 0.181. The van der Waals surface area contributed by atoms with Crippen LogP contribution in [0.5, 0.6) is 0 Å². The van der Waals surface area contributed by atoms with Crippen LogP contribution in [0.2, 0.25) is 0 Å². The van der Waals surface area contributed by atoms with E-state index in [1.807, 2.05) is 25.8 Å². The van der Waals surface area contributed by atoms with Crippen molar-refractivity contribution in [3.05, 3.63) is 38.4 Å². The number of nitrogens with zero attached hydrogens (tertiary/aromatic N) is 4. The number of hydrogen-bond acceptors (Lipinski definition) is 6. The quantitative estimate of drug-likeness (QED) is 0.747. The molecule has 29 heavy (non-hydrogen) atoms. The van der Waals surface area contributed by atoms with Gasteiger partial charge in [0.15, 0.2) is 0 Å². The standard InChI is InChI=1S/C22H32N4O2S/c1-15-19(16(2)28-23-15)12-26-10-8-18-20(14-29-21(18)13-26)22(27)25(4)11-17-7-5-6-9-24(17)3/h14,17H,5-13H2,1-4H3/t17-/m1/s1. The maximum absolute atomic E-state index is 13.2. The third-order valence-electron chi connectivity index (χ3n) is 6.57. The Bertz CT molecular complexity index is 855. The fourth-order valence-electron chi connectivity index (χ4n) is 4.63. The molecule has 1 fully saturated rings. The SMILES string of the molecule is Cc1noc(C)c1CN1CCc2c(C(=O)N(C)C[C@H]3CCCCN3C)csc2C1. The summed E-state index contributed by atoms with van der Waals surface area (Å²) in [6.45, 7) is 8.65. The summed E-state index contributed by atoms with van der Waals surface area (Å²) < 4.78 is 5.31. The number of likely N-dealkylation sites (N-methyl/N-ethyl adjacent to an activating group) is 2. The van der Waals surface area contributed by atoms with Crippen molar-refractivity contribution in [3.8, 4) is 0 Å². The normalized spacial score (nSPS) is 20.6. The average Bonchev–Trinajstić information content (AvgIpc) is 3.27. The Morgan fingerprint density at radius 1 is 1.34 bits per heavy atom. The Hall–Kier alpha value is -1.70. The number of amides is 1. The van der Waals surface area contributed by atoms with Gasteiger partial charge in [0.25, 0.3) is 5.91 Å². The number of hydrogen-bond donors (Lipinski definition) is 0. The summed E-state index contributed by atoms with van der Waals surface area (Å²) in [4.78, 5) is 21.3. The van der Waals surface area contributed by atoms with Gasteiger partial charge >= 0.3 is 0 Å². The minimum atomic E-state index is 0.181. The Morgan fingerprint density at radius 3 is 2.90 bits per heavy atom. The van der Waals surface area contributed by atoms with E-state index in [1.54, 1.807) is 11.3 Å². The number of carbonyl (C=O) groups is 1. The third-order valence-corrected chi connectivity index (χ3v) is 7.59. The van der Waals surface area contributed by atoms with Crippen molar-refractivity contribution in [2.24, 2.45) is 0 Å². The summed E-state index contributed by atoms with van der Waals surface area (Å²) in [6.07, 6.45) is 4.66. The predicted octanol–water partition coefficient (Wildman–Crippen LogP) is 3.47. The van der Waals surface area contributed by atoms with E-state index in [0.717, 1.165) is 56.2 Å². The minimum Gasteiger partial charge on any atom is -0.361 e. The van der Waals surface area contributed by atoms with E-state index in [-0.39, 0.29) is 5.91 Å². The largest absolute Gasteiger partial charge is 0.361 e. The Morgan fingerprint density at radius 2 is 2.17 bits per heavy atom. The second-order valence-corrected chi connectivity index (χ2v) is 9.59. The Kier molecular flexibility index (Phi) is 6.08. The van der Waals surface area contributed by atoms with Crippen LogP contribution >= 0.6 is 11.3 Å². The van der Waals surface area contributed by atoms with Crippen LogP contribution < -0.4 is 0 Å². The summed E-state index contributed by atoms with van der Waals surface area (Å²) in [6, 6.07) is 0.484. The highest BCUT2D eigenvalue weighted by atomic mass is 32.1. The van der Waals surface area contributed by atoms with E-state index in [4.69, 9.17) is 4.52 Å². The maximum atomic E-state index is 13.2. The summed E-state index contributed by atoms with van der Waals surface area (Å²) in [5.41, 5.74) is 4.35. The topological polar surface area (TPSA) is 52.8 Å². The van der Waals surface area contributed by atoms with Crippen LogP contribution in [0.25, 0.3) is 0 Å². The molecule has 2 aliphatic heterocycles. The van der Waals surface area contributed by atoms with Crippen LogP contribution in [-0.2, 0) is 19.5 Å². The van der Waals surface area contributed by atoms with Crippen molar-refractivity contribution < 1.29 is 9.32 Å². The van der Waals surface area contributed by atoms with E-state index in [0.29, 0.717) is 6.04 Å². The number of likely N-dealkylation sites (tertiary alicyclic amines) is 1. The van der Waals surface area contributed by atoms with Crippen LogP contribution in [0.3, 0.4) is 0 Å². The lowest BCUT2D eigenvalue weighted by atomic mass is 10.0. The van der Waals surface area contributed by atoms with Gasteiger partial charge in [-0.3, -0.25) is 9.69 Å². The number of carbonyl (C=O) groups excluding carboxylic acids is 1. The van der Waals surface area contributed by atoms with E-state index in [2.05, 4.69) is 27.4 Å². The fraction of sp³-hybridized carbons (Fsp3) is 0.636. The number of aryl methyl sites for hydroxylation is 2. The van der Waals surface area contributed by atoms with Gasteiger partial charge in [-0.15, -0.1) is 11.3 Å². The first-order valence-corrected chi connectivity index (χ1v) is 11.5. The molecule has 0 aromatic carbocycles. The van der Waals surface area contributed by atoms with Crippen molar-refractivity contribution in [1.82, 2.24) is 19.9 Å². The molecular formula is C22H32N4O2S. The van der Waals surface area contributed by atoms with Crippen LogP contribution in [0.1, 0.15) is 57.1 Å². The first-order chi connectivity index (χ1) is 13.9. The molecule has 0 saturated carbocycles. The number of piperidine rings is 1. The molecule has 0 aliphatic carbocycles. The maximum Gasteiger partial charge on any atom is 0.254 e. The molecule has 1 amide bonds. The molecule has 2 aliphatic rings. The van der Waals surface area contributed by atoms with Gasteiger partial charge in [-0.1, -0.05) is 11.6 Å². The lowest BCUT2D eigenvalue weighted by molar-refractivity contribution is 0.0715. The zero-order valence-electron chi connectivity index (χ0n) is 18.0. The van der Waals surface area contributed by atoms with Gasteiger partial charge in [0.1, 0.15) is 5.76 Å². The first-order valence-electron chi connectivity index (χ1n) is 10.6. The van der Waals surface area contributed by atoms with Gasteiger partial charge in [0.2, 0.25) is 0 Å². The molecule has 0 bridgehead atoms. The number of fused-ring (bicyclic) bond motifs is 1. The van der Waals surface area contributed by atoms with Crippen molar-refractivity contribution in [3.63, 3.8) is 0 Å². The lowest BCUT2D eigenvalue weighted by Crippen LogP contribution is -2.45. The van der Waals surface area contributed by atoms with Crippen molar-refractivity contribution in [2.75, 3.05) is 33.7 Å². The van der Waals surface area contributed by atoms with Gasteiger partial charge in [-0.05, 0) is 52.3 Å². The van der Waals surface area contributed by atoms with Gasteiger partial charge in [-0.2, -0.15) is 0 Å². The highest BCUT2D eigenvalue weighted by molar-refractivity contribution is 7.10. The smallest absolute Gasteiger partial charge is 0.254 e. The molecule has 1 saturated heterocycles. The zero-order valence-corrected chi connectivity index (χ0v) is 18.8. The zero-order chi connectivity index (χ0) is 20.5. The first kappa shape index (κ1) is 20.6. The monoisotopic (exact) mass is 416 g/mol. The van der Waals surface area contributed by atoms with Crippen LogP contribution in [0.4, 0.5) is 0 Å². The summed E-state index contributed by atoms with van der Waals surface area (Å²) in [5.74, 6) is 1.09. The van der Waals surface area contributed by atoms with Crippen LogP contribution in [0, 0.1) is 13.8 Å². The fourth-order valence-corrected chi connectivity index (χ4v) is 5.74. The van der Waals surface area contributed by atoms with Crippen molar-refractivity contribution in [2.45, 2.75) is 58.7 Å². The molecule has 2 aromatic rings. The molecule has 0 N–H and O–H groups in total. The molecule has 7 heteroatoms. The molecular weight excluding hydrogens is 384 g/mol. The third kappa shape index (κ3) is 4.27. The lowest BCUT2D eigenvalue weighted by Gasteiger charge is -2.35. The summed E-state index contributed by atoms with van der Waals surface area (Å²) >= 11 is 1.73. The van der Waals surface area contributed by atoms with E-state index in [9.17, 15) is 4.79 Å². The molecule has 0 radical (unpaired) electrons. The molecule has 4 heterocycles. The average molecular weight is 417 g/mol. The second kappa shape index (κ2) is 8.58. The van der Waals surface area contributed by atoms with Crippen molar-refractivity contribution >= 4 is 17.2 Å². The summed E-state index contributed by atoms with van der Waals surface area (Å²) in [5, 5.41) is 6.15. The molecule has 0 unspecified atom stereocenters. The molecule has 158 valence electrons. The number of aromatic nitrogens is 1. The molecule has 4 rings (SSSR count). The van der Waals surface area contributed by atoms with Gasteiger partial charge in [0.05, 0.1) is 11.3 Å².